The molecule has 13 heavy (non-hydrogen) atoms. The van der Waals surface area contributed by atoms with Gasteiger partial charge in [0.2, 0.25) is 0 Å². The van der Waals surface area contributed by atoms with Crippen molar-refractivity contribution in [3.05, 3.63) is 22.4 Å². The van der Waals surface area contributed by atoms with Gasteiger partial charge in [-0.25, -0.2) is 0 Å². The smallest absolute Gasteiger partial charge is 0.0300 e. The molecule has 0 radical (unpaired) electrons. The van der Waals surface area contributed by atoms with Crippen LogP contribution >= 0.6 is 11.3 Å². The fraction of sp³-hybridized carbons (Fsp3) is 0.636. The summed E-state index contributed by atoms with van der Waals surface area (Å²) >= 11 is 1.77. The second kappa shape index (κ2) is 5.40. The van der Waals surface area contributed by atoms with Crippen molar-refractivity contribution >= 4 is 11.3 Å². The quantitative estimate of drug-likeness (QED) is 0.762. The number of nitrogens with one attached hydrogen (secondary N) is 1. The Morgan fingerprint density at radius 1 is 1.46 bits per heavy atom. The van der Waals surface area contributed by atoms with Gasteiger partial charge in [-0.15, -0.1) is 0 Å². The van der Waals surface area contributed by atoms with Gasteiger partial charge in [0, 0.05) is 6.04 Å². The fourth-order valence-electron chi connectivity index (χ4n) is 1.16. The highest BCUT2D eigenvalue weighted by molar-refractivity contribution is 7.07. The number of thiophene rings is 1. The normalized spacial score (nSPS) is 15.6. The van der Waals surface area contributed by atoms with Crippen LogP contribution in [0.1, 0.15) is 38.8 Å². The summed E-state index contributed by atoms with van der Waals surface area (Å²) in [6.45, 7) is 7.87. The standard InChI is InChI=1S/C11H19NS/c1-4-9(2)7-12-10(3)11-5-6-13-8-11/h5-6,8-10,12H,4,7H2,1-3H3. The Morgan fingerprint density at radius 3 is 2.77 bits per heavy atom. The van der Waals surface area contributed by atoms with Crippen LogP contribution < -0.4 is 5.32 Å². The molecule has 0 aliphatic carbocycles. The van der Waals surface area contributed by atoms with Crippen LogP contribution in [0.3, 0.4) is 0 Å². The van der Waals surface area contributed by atoms with Crippen molar-refractivity contribution in [1.29, 1.82) is 0 Å². The Labute approximate surface area is 85.2 Å². The molecule has 0 aliphatic heterocycles. The van der Waals surface area contributed by atoms with E-state index in [9.17, 15) is 0 Å². The van der Waals surface area contributed by atoms with Gasteiger partial charge in [0.05, 0.1) is 0 Å². The van der Waals surface area contributed by atoms with Crippen molar-refractivity contribution in [2.45, 2.75) is 33.2 Å². The van der Waals surface area contributed by atoms with Crippen LogP contribution in [0.2, 0.25) is 0 Å². The number of hydrogen-bond acceptors (Lipinski definition) is 2. The first kappa shape index (κ1) is 10.7. The van der Waals surface area contributed by atoms with Crippen molar-refractivity contribution in [3.63, 3.8) is 0 Å². The Bertz CT molecular complexity index is 218. The van der Waals surface area contributed by atoms with Gasteiger partial charge in [-0.1, -0.05) is 20.3 Å². The summed E-state index contributed by atoms with van der Waals surface area (Å²) in [6.07, 6.45) is 1.25. The summed E-state index contributed by atoms with van der Waals surface area (Å²) in [6, 6.07) is 2.69. The van der Waals surface area contributed by atoms with Gasteiger partial charge in [-0.2, -0.15) is 11.3 Å². The first-order valence-corrected chi connectivity index (χ1v) is 5.93. The average Bonchev–Trinajstić information content (AvgIpc) is 2.66. The van der Waals surface area contributed by atoms with E-state index < -0.39 is 0 Å². The van der Waals surface area contributed by atoms with Gasteiger partial charge >= 0.3 is 0 Å². The maximum atomic E-state index is 3.54. The zero-order valence-electron chi connectivity index (χ0n) is 8.71. The second-order valence-corrected chi connectivity index (χ2v) is 4.48. The molecule has 1 rings (SSSR count). The maximum Gasteiger partial charge on any atom is 0.0300 e. The maximum absolute atomic E-state index is 3.54. The molecule has 0 fully saturated rings. The molecule has 74 valence electrons. The summed E-state index contributed by atoms with van der Waals surface area (Å²) in [5, 5.41) is 7.89. The second-order valence-electron chi connectivity index (χ2n) is 3.70. The molecule has 1 aromatic heterocycles. The lowest BCUT2D eigenvalue weighted by Crippen LogP contribution is -2.23. The molecule has 2 atom stereocenters. The molecule has 0 saturated carbocycles. The van der Waals surface area contributed by atoms with Crippen LogP contribution in [0, 0.1) is 5.92 Å². The van der Waals surface area contributed by atoms with Crippen molar-refractivity contribution in [3.8, 4) is 0 Å². The Kier molecular flexibility index (Phi) is 4.46. The van der Waals surface area contributed by atoms with E-state index in [1.807, 2.05) is 0 Å². The molecule has 1 nitrogen and oxygen atoms in total. The van der Waals surface area contributed by atoms with E-state index in [2.05, 4.69) is 42.9 Å². The van der Waals surface area contributed by atoms with E-state index in [0.29, 0.717) is 6.04 Å². The van der Waals surface area contributed by atoms with Gasteiger partial charge in [0.25, 0.3) is 0 Å². The molecule has 2 unspecified atom stereocenters. The average molecular weight is 197 g/mol. The minimum absolute atomic E-state index is 0.500. The third-order valence-corrected chi connectivity index (χ3v) is 3.21. The zero-order chi connectivity index (χ0) is 9.68. The highest BCUT2D eigenvalue weighted by atomic mass is 32.1. The topological polar surface area (TPSA) is 12.0 Å². The molecule has 0 aromatic carbocycles. The molecule has 0 spiro atoms. The van der Waals surface area contributed by atoms with Gasteiger partial charge in [0.1, 0.15) is 0 Å². The predicted molar refractivity (Wildman–Crippen MR) is 60.2 cm³/mol. The van der Waals surface area contributed by atoms with Crippen LogP contribution in [0.4, 0.5) is 0 Å². The monoisotopic (exact) mass is 197 g/mol. The molecule has 1 heterocycles. The molecular formula is C11H19NS. The van der Waals surface area contributed by atoms with Crippen molar-refractivity contribution < 1.29 is 0 Å². The summed E-state index contributed by atoms with van der Waals surface area (Å²) < 4.78 is 0. The summed E-state index contributed by atoms with van der Waals surface area (Å²) in [7, 11) is 0. The first-order valence-electron chi connectivity index (χ1n) is 4.99. The minimum atomic E-state index is 0.500. The zero-order valence-corrected chi connectivity index (χ0v) is 9.53. The highest BCUT2D eigenvalue weighted by Crippen LogP contribution is 2.15. The van der Waals surface area contributed by atoms with Crippen molar-refractivity contribution in [2.24, 2.45) is 5.92 Å². The van der Waals surface area contributed by atoms with Crippen LogP contribution in [0.25, 0.3) is 0 Å². The third kappa shape index (κ3) is 3.49. The third-order valence-electron chi connectivity index (χ3n) is 2.51. The minimum Gasteiger partial charge on any atom is -0.310 e. The van der Waals surface area contributed by atoms with Gasteiger partial charge < -0.3 is 5.32 Å². The van der Waals surface area contributed by atoms with E-state index in [1.165, 1.54) is 12.0 Å². The number of hydrogen-bond donors (Lipinski definition) is 1. The van der Waals surface area contributed by atoms with Gasteiger partial charge in [0.15, 0.2) is 0 Å². The van der Waals surface area contributed by atoms with Gasteiger partial charge in [-0.3, -0.25) is 0 Å². The van der Waals surface area contributed by atoms with Crippen LogP contribution in [0.5, 0.6) is 0 Å². The molecule has 0 saturated heterocycles. The van der Waals surface area contributed by atoms with E-state index in [1.54, 1.807) is 11.3 Å². The molecule has 1 N–H and O–H groups in total. The molecule has 0 aliphatic rings. The van der Waals surface area contributed by atoms with Crippen molar-refractivity contribution in [1.82, 2.24) is 5.32 Å². The Hall–Kier alpha value is -0.340. The number of rotatable bonds is 5. The lowest BCUT2D eigenvalue weighted by Gasteiger charge is -2.15. The van der Waals surface area contributed by atoms with E-state index in [4.69, 9.17) is 0 Å². The fourth-order valence-corrected chi connectivity index (χ4v) is 1.92. The molecule has 0 amide bonds. The van der Waals surface area contributed by atoms with E-state index in [0.717, 1.165) is 12.5 Å². The van der Waals surface area contributed by atoms with Crippen molar-refractivity contribution in [2.75, 3.05) is 6.54 Å². The van der Waals surface area contributed by atoms with Crippen LogP contribution in [-0.2, 0) is 0 Å². The predicted octanol–water partition coefficient (Wildman–Crippen LogP) is 3.44. The first-order chi connectivity index (χ1) is 6.24. The van der Waals surface area contributed by atoms with E-state index in [-0.39, 0.29) is 0 Å². The molecule has 0 bridgehead atoms. The largest absolute Gasteiger partial charge is 0.310 e. The van der Waals surface area contributed by atoms with Gasteiger partial charge in [-0.05, 0) is 41.8 Å². The molecule has 1 aromatic rings. The summed E-state index contributed by atoms with van der Waals surface area (Å²) in [4.78, 5) is 0. The van der Waals surface area contributed by atoms with Crippen LogP contribution in [-0.4, -0.2) is 6.54 Å². The Morgan fingerprint density at radius 2 is 2.23 bits per heavy atom. The molecule has 2 heteroatoms. The SMILES string of the molecule is CCC(C)CNC(C)c1ccsc1. The Balaban J connectivity index is 2.30. The lowest BCUT2D eigenvalue weighted by atomic mass is 10.1. The van der Waals surface area contributed by atoms with Crippen LogP contribution in [0.15, 0.2) is 16.8 Å². The van der Waals surface area contributed by atoms with E-state index >= 15 is 0 Å². The summed E-state index contributed by atoms with van der Waals surface area (Å²) in [5.41, 5.74) is 1.41. The molecular weight excluding hydrogens is 178 g/mol. The lowest BCUT2D eigenvalue weighted by molar-refractivity contribution is 0.461. The highest BCUT2D eigenvalue weighted by Gasteiger charge is 2.06. The summed E-state index contributed by atoms with van der Waals surface area (Å²) in [5.74, 6) is 0.779.